The van der Waals surface area contributed by atoms with Gasteiger partial charge in [-0.25, -0.2) is 0 Å². The fourth-order valence-corrected chi connectivity index (χ4v) is 2.92. The first-order chi connectivity index (χ1) is 9.20. The molecule has 2 rings (SSSR count). The number of ether oxygens (including phenoxy) is 1. The van der Waals surface area contributed by atoms with Crippen molar-refractivity contribution in [1.29, 1.82) is 0 Å². The maximum absolute atomic E-state index is 12.2. The van der Waals surface area contributed by atoms with E-state index in [1.165, 1.54) is 0 Å². The van der Waals surface area contributed by atoms with Gasteiger partial charge in [0.05, 0.1) is 12.5 Å². The summed E-state index contributed by atoms with van der Waals surface area (Å²) in [7, 11) is 0. The average Bonchev–Trinajstić information content (AvgIpc) is 2.92. The number of nitrogens with zero attached hydrogens (tertiary/aromatic N) is 1. The molecule has 0 bridgehead atoms. The lowest BCUT2D eigenvalue weighted by molar-refractivity contribution is -0.151. The van der Waals surface area contributed by atoms with Crippen molar-refractivity contribution in [2.45, 2.75) is 32.6 Å². The number of carbonyl (C=O) groups is 2. The molecule has 0 aromatic heterocycles. The van der Waals surface area contributed by atoms with Gasteiger partial charge >= 0.3 is 5.97 Å². The lowest BCUT2D eigenvalue weighted by Crippen LogP contribution is -2.43. The molecule has 0 spiro atoms. The second-order valence-corrected chi connectivity index (χ2v) is 5.49. The zero-order chi connectivity index (χ0) is 13.7. The van der Waals surface area contributed by atoms with E-state index in [4.69, 9.17) is 4.74 Å². The number of esters is 1. The Morgan fingerprint density at radius 3 is 2.89 bits per heavy atom. The Balaban J connectivity index is 1.82. The van der Waals surface area contributed by atoms with Gasteiger partial charge in [-0.2, -0.15) is 0 Å². The molecule has 108 valence electrons. The van der Waals surface area contributed by atoms with Crippen LogP contribution >= 0.6 is 0 Å². The highest BCUT2D eigenvalue weighted by molar-refractivity contribution is 5.78. The number of hydrogen-bond donors (Lipinski definition) is 1. The minimum atomic E-state index is -0.150. The SMILES string of the molecule is CCOC(=O)C1CCCN(C(=O)CC2CCNC2)C1. The highest BCUT2D eigenvalue weighted by Crippen LogP contribution is 2.21. The summed E-state index contributed by atoms with van der Waals surface area (Å²) in [4.78, 5) is 25.8. The Kier molecular flexibility index (Phi) is 5.19. The largest absolute Gasteiger partial charge is 0.466 e. The van der Waals surface area contributed by atoms with Gasteiger partial charge in [0, 0.05) is 19.5 Å². The van der Waals surface area contributed by atoms with Crippen molar-refractivity contribution in [3.05, 3.63) is 0 Å². The number of hydrogen-bond acceptors (Lipinski definition) is 4. The minimum absolute atomic E-state index is 0.126. The number of nitrogens with one attached hydrogen (secondary N) is 1. The van der Waals surface area contributed by atoms with Crippen LogP contribution in [0.4, 0.5) is 0 Å². The number of likely N-dealkylation sites (tertiary alicyclic amines) is 1. The van der Waals surface area contributed by atoms with Crippen LogP contribution in [0, 0.1) is 11.8 Å². The molecule has 0 aromatic rings. The molecule has 2 fully saturated rings. The molecule has 1 N–H and O–H groups in total. The molecule has 5 nitrogen and oxygen atoms in total. The van der Waals surface area contributed by atoms with Crippen LogP contribution in [0.5, 0.6) is 0 Å². The zero-order valence-electron chi connectivity index (χ0n) is 11.7. The Labute approximate surface area is 114 Å². The normalized spacial score (nSPS) is 27.3. The summed E-state index contributed by atoms with van der Waals surface area (Å²) < 4.78 is 5.06. The lowest BCUT2D eigenvalue weighted by atomic mass is 9.96. The third kappa shape index (κ3) is 3.93. The van der Waals surface area contributed by atoms with Crippen LogP contribution in [-0.2, 0) is 14.3 Å². The predicted molar refractivity (Wildman–Crippen MR) is 71.5 cm³/mol. The fourth-order valence-electron chi connectivity index (χ4n) is 2.92. The Bertz CT molecular complexity index is 327. The molecule has 2 atom stereocenters. The van der Waals surface area contributed by atoms with Crippen molar-refractivity contribution >= 4 is 11.9 Å². The molecule has 2 heterocycles. The van der Waals surface area contributed by atoms with Crippen molar-refractivity contribution in [2.75, 3.05) is 32.8 Å². The molecular formula is C14H24N2O3. The van der Waals surface area contributed by atoms with Gasteiger partial charge in [-0.3, -0.25) is 9.59 Å². The van der Waals surface area contributed by atoms with Crippen LogP contribution in [0.1, 0.15) is 32.6 Å². The fraction of sp³-hybridized carbons (Fsp3) is 0.857. The van der Waals surface area contributed by atoms with Crippen molar-refractivity contribution in [2.24, 2.45) is 11.8 Å². The highest BCUT2D eigenvalue weighted by Gasteiger charge is 2.30. The second-order valence-electron chi connectivity index (χ2n) is 5.49. The van der Waals surface area contributed by atoms with E-state index >= 15 is 0 Å². The van der Waals surface area contributed by atoms with Crippen LogP contribution in [-0.4, -0.2) is 49.6 Å². The van der Waals surface area contributed by atoms with E-state index in [2.05, 4.69) is 5.32 Å². The Morgan fingerprint density at radius 2 is 2.21 bits per heavy atom. The van der Waals surface area contributed by atoms with Gasteiger partial charge in [0.2, 0.25) is 5.91 Å². The van der Waals surface area contributed by atoms with E-state index < -0.39 is 0 Å². The summed E-state index contributed by atoms with van der Waals surface area (Å²) in [5.41, 5.74) is 0. The topological polar surface area (TPSA) is 58.6 Å². The summed E-state index contributed by atoms with van der Waals surface area (Å²) in [6, 6.07) is 0. The molecule has 0 radical (unpaired) electrons. The van der Waals surface area contributed by atoms with Crippen LogP contribution < -0.4 is 5.32 Å². The molecule has 2 aliphatic rings. The summed E-state index contributed by atoms with van der Waals surface area (Å²) >= 11 is 0. The quantitative estimate of drug-likeness (QED) is 0.766. The monoisotopic (exact) mass is 268 g/mol. The van der Waals surface area contributed by atoms with Crippen LogP contribution in [0.25, 0.3) is 0 Å². The smallest absolute Gasteiger partial charge is 0.310 e. The first-order valence-electron chi connectivity index (χ1n) is 7.35. The zero-order valence-corrected chi connectivity index (χ0v) is 11.7. The summed E-state index contributed by atoms with van der Waals surface area (Å²) in [5, 5.41) is 3.28. The lowest BCUT2D eigenvalue weighted by Gasteiger charge is -2.32. The first kappa shape index (κ1) is 14.3. The van der Waals surface area contributed by atoms with Gasteiger partial charge in [-0.15, -0.1) is 0 Å². The molecular weight excluding hydrogens is 244 g/mol. The van der Waals surface area contributed by atoms with Crippen LogP contribution in [0.3, 0.4) is 0 Å². The average molecular weight is 268 g/mol. The molecule has 2 aliphatic heterocycles. The van der Waals surface area contributed by atoms with E-state index in [-0.39, 0.29) is 17.8 Å². The van der Waals surface area contributed by atoms with Gasteiger partial charge in [-0.05, 0) is 45.2 Å². The van der Waals surface area contributed by atoms with Gasteiger partial charge in [0.1, 0.15) is 0 Å². The van der Waals surface area contributed by atoms with E-state index in [0.717, 1.165) is 38.9 Å². The first-order valence-corrected chi connectivity index (χ1v) is 7.35. The number of piperidine rings is 1. The highest BCUT2D eigenvalue weighted by atomic mass is 16.5. The molecule has 0 aromatic carbocycles. The maximum atomic E-state index is 12.2. The van der Waals surface area contributed by atoms with Gasteiger partial charge in [0.15, 0.2) is 0 Å². The molecule has 0 aliphatic carbocycles. The van der Waals surface area contributed by atoms with Crippen molar-refractivity contribution < 1.29 is 14.3 Å². The number of amides is 1. The second kappa shape index (κ2) is 6.89. The molecule has 2 saturated heterocycles. The van der Waals surface area contributed by atoms with Crippen LogP contribution in [0.15, 0.2) is 0 Å². The molecule has 0 saturated carbocycles. The van der Waals surface area contributed by atoms with Gasteiger partial charge < -0.3 is 15.0 Å². The predicted octanol–water partition coefficient (Wildman–Crippen LogP) is 0.788. The Hall–Kier alpha value is -1.10. The van der Waals surface area contributed by atoms with Gasteiger partial charge in [0.25, 0.3) is 0 Å². The summed E-state index contributed by atoms with van der Waals surface area (Å²) in [5.74, 6) is 0.389. The van der Waals surface area contributed by atoms with Crippen molar-refractivity contribution in [3.63, 3.8) is 0 Å². The molecule has 1 amide bonds. The minimum Gasteiger partial charge on any atom is -0.466 e. The third-order valence-electron chi connectivity index (χ3n) is 4.02. The molecule has 5 heteroatoms. The number of carbonyl (C=O) groups excluding carboxylic acids is 2. The Morgan fingerprint density at radius 1 is 1.37 bits per heavy atom. The van der Waals surface area contributed by atoms with E-state index in [1.54, 1.807) is 0 Å². The van der Waals surface area contributed by atoms with E-state index in [1.807, 2.05) is 11.8 Å². The maximum Gasteiger partial charge on any atom is 0.310 e. The van der Waals surface area contributed by atoms with Crippen molar-refractivity contribution in [1.82, 2.24) is 10.2 Å². The van der Waals surface area contributed by atoms with E-state index in [0.29, 0.717) is 25.5 Å². The standard InChI is InChI=1S/C14H24N2O3/c1-2-19-14(18)12-4-3-7-16(10-12)13(17)8-11-5-6-15-9-11/h11-12,15H,2-10H2,1H3. The van der Waals surface area contributed by atoms with E-state index in [9.17, 15) is 9.59 Å². The molecule has 19 heavy (non-hydrogen) atoms. The summed E-state index contributed by atoms with van der Waals surface area (Å²) in [6.07, 6.45) is 3.44. The number of rotatable bonds is 4. The summed E-state index contributed by atoms with van der Waals surface area (Å²) in [6.45, 7) is 5.52. The van der Waals surface area contributed by atoms with Gasteiger partial charge in [-0.1, -0.05) is 0 Å². The molecule has 2 unspecified atom stereocenters. The third-order valence-corrected chi connectivity index (χ3v) is 4.02. The van der Waals surface area contributed by atoms with Crippen molar-refractivity contribution in [3.8, 4) is 0 Å². The van der Waals surface area contributed by atoms with Crippen LogP contribution in [0.2, 0.25) is 0 Å².